The fraction of sp³-hybridized carbons (Fsp3) is 0.833. The summed E-state index contributed by atoms with van der Waals surface area (Å²) >= 11 is 5.38. The lowest BCUT2D eigenvalue weighted by atomic mass is 10.2. The Morgan fingerprint density at radius 3 is 2.44 bits per heavy atom. The predicted octanol–water partition coefficient (Wildman–Crippen LogP) is 2.42. The molecule has 0 rings (SSSR count). The number of unbranched alkanes of at least 4 members (excludes halogenated alkanes) is 3. The van der Waals surface area contributed by atoms with Crippen LogP contribution in [0.25, 0.3) is 0 Å². The number of nitrogens with zero attached hydrogens (tertiary/aromatic N) is 1. The van der Waals surface area contributed by atoms with Crippen molar-refractivity contribution < 1.29 is 19.1 Å². The average molecular weight is 280 g/mol. The molecule has 0 aromatic heterocycles. The van der Waals surface area contributed by atoms with E-state index in [1.807, 2.05) is 0 Å². The molecule has 106 valence electrons. The zero-order valence-corrected chi connectivity index (χ0v) is 11.9. The third kappa shape index (κ3) is 9.10. The van der Waals surface area contributed by atoms with Gasteiger partial charge in [-0.2, -0.15) is 0 Å². The van der Waals surface area contributed by atoms with Gasteiger partial charge in [0.1, 0.15) is 13.2 Å². The number of alkyl halides is 1. The second kappa shape index (κ2) is 11.1. The maximum absolute atomic E-state index is 11.4. The molecule has 0 aliphatic carbocycles. The van der Waals surface area contributed by atoms with E-state index in [-0.39, 0.29) is 19.0 Å². The lowest BCUT2D eigenvalue weighted by molar-refractivity contribution is -0.144. The molecule has 0 aromatic rings. The van der Waals surface area contributed by atoms with Crippen molar-refractivity contribution in [2.75, 3.05) is 32.7 Å². The molecule has 0 aliphatic heterocycles. The minimum absolute atomic E-state index is 0.102. The molecule has 0 radical (unpaired) electrons. The summed E-state index contributed by atoms with van der Waals surface area (Å²) < 4.78 is 9.76. The highest BCUT2D eigenvalue weighted by molar-refractivity contribution is 6.18. The minimum atomic E-state index is -0.571. The Bertz CT molecular complexity index is 248. The van der Waals surface area contributed by atoms with E-state index in [0.717, 1.165) is 25.7 Å². The number of ether oxygens (including phenoxy) is 2. The fourth-order valence-corrected chi connectivity index (χ4v) is 1.33. The monoisotopic (exact) mass is 279 g/mol. The summed E-state index contributed by atoms with van der Waals surface area (Å²) in [6.07, 6.45) is 3.63. The van der Waals surface area contributed by atoms with Gasteiger partial charge in [-0.05, 0) is 6.42 Å². The molecule has 1 amide bonds. The first-order valence-corrected chi connectivity index (χ1v) is 6.74. The molecule has 0 N–H and O–H groups in total. The Morgan fingerprint density at radius 2 is 1.83 bits per heavy atom. The Hall–Kier alpha value is -0.970. The summed E-state index contributed by atoms with van der Waals surface area (Å²) in [7, 11) is 1.48. The summed E-state index contributed by atoms with van der Waals surface area (Å²) in [5.41, 5.74) is 0. The van der Waals surface area contributed by atoms with Gasteiger partial charge in [-0.1, -0.05) is 26.2 Å². The number of esters is 1. The molecular formula is C12H22ClNO4. The van der Waals surface area contributed by atoms with E-state index in [0.29, 0.717) is 6.61 Å². The SMILES string of the molecule is CCCCCCOC(=O)CN(C)C(=O)OCCCl. The summed E-state index contributed by atoms with van der Waals surface area (Å²) in [4.78, 5) is 23.8. The molecule has 0 aliphatic rings. The van der Waals surface area contributed by atoms with Crippen molar-refractivity contribution in [1.82, 2.24) is 4.90 Å². The van der Waals surface area contributed by atoms with Crippen LogP contribution in [0.2, 0.25) is 0 Å². The van der Waals surface area contributed by atoms with Crippen molar-refractivity contribution in [3.05, 3.63) is 0 Å². The Balaban J connectivity index is 3.63. The van der Waals surface area contributed by atoms with Crippen LogP contribution in [0, 0.1) is 0 Å². The highest BCUT2D eigenvalue weighted by atomic mass is 35.5. The number of halogens is 1. The topological polar surface area (TPSA) is 55.8 Å². The number of likely N-dealkylation sites (N-methyl/N-ethyl adjacent to an activating group) is 1. The molecule has 0 saturated carbocycles. The van der Waals surface area contributed by atoms with E-state index in [1.54, 1.807) is 0 Å². The van der Waals surface area contributed by atoms with Gasteiger partial charge in [-0.3, -0.25) is 4.79 Å². The van der Waals surface area contributed by atoms with Gasteiger partial charge in [-0.25, -0.2) is 4.79 Å². The smallest absolute Gasteiger partial charge is 0.410 e. The van der Waals surface area contributed by atoms with Crippen LogP contribution in [0.3, 0.4) is 0 Å². The standard InChI is InChI=1S/C12H22ClNO4/c1-3-4-5-6-8-17-11(15)10-14(2)12(16)18-9-7-13/h3-10H2,1-2H3. The van der Waals surface area contributed by atoms with E-state index in [1.165, 1.54) is 11.9 Å². The zero-order valence-electron chi connectivity index (χ0n) is 11.1. The molecule has 0 saturated heterocycles. The molecule has 0 fully saturated rings. The quantitative estimate of drug-likeness (QED) is 0.369. The number of carbonyl (C=O) groups is 2. The van der Waals surface area contributed by atoms with Crippen LogP contribution in [-0.2, 0) is 14.3 Å². The molecule has 0 heterocycles. The van der Waals surface area contributed by atoms with E-state index in [4.69, 9.17) is 21.1 Å². The van der Waals surface area contributed by atoms with Gasteiger partial charge in [0, 0.05) is 7.05 Å². The maximum atomic E-state index is 11.4. The van der Waals surface area contributed by atoms with Crippen molar-refractivity contribution in [2.45, 2.75) is 32.6 Å². The van der Waals surface area contributed by atoms with Crippen LogP contribution in [0.15, 0.2) is 0 Å². The van der Waals surface area contributed by atoms with Gasteiger partial charge in [0.05, 0.1) is 12.5 Å². The highest BCUT2D eigenvalue weighted by Gasteiger charge is 2.14. The predicted molar refractivity (Wildman–Crippen MR) is 69.8 cm³/mol. The molecule has 0 aromatic carbocycles. The number of hydrogen-bond donors (Lipinski definition) is 0. The first-order chi connectivity index (χ1) is 8.61. The molecule has 0 atom stereocenters. The first kappa shape index (κ1) is 17.0. The van der Waals surface area contributed by atoms with Crippen LogP contribution in [0.1, 0.15) is 32.6 Å². The van der Waals surface area contributed by atoms with Gasteiger partial charge >= 0.3 is 12.1 Å². The average Bonchev–Trinajstić information content (AvgIpc) is 2.35. The third-order valence-corrected chi connectivity index (χ3v) is 2.40. The number of carbonyl (C=O) groups excluding carboxylic acids is 2. The third-order valence-electron chi connectivity index (χ3n) is 2.24. The zero-order chi connectivity index (χ0) is 13.8. The van der Waals surface area contributed by atoms with Crippen molar-refractivity contribution in [1.29, 1.82) is 0 Å². The van der Waals surface area contributed by atoms with Crippen molar-refractivity contribution >= 4 is 23.7 Å². The van der Waals surface area contributed by atoms with Crippen LogP contribution in [-0.4, -0.2) is 49.6 Å². The number of amides is 1. The normalized spacial score (nSPS) is 9.94. The van der Waals surface area contributed by atoms with Gasteiger partial charge in [0.25, 0.3) is 0 Å². The van der Waals surface area contributed by atoms with Crippen LogP contribution in [0.4, 0.5) is 4.79 Å². The number of hydrogen-bond acceptors (Lipinski definition) is 4. The van der Waals surface area contributed by atoms with Crippen molar-refractivity contribution in [3.8, 4) is 0 Å². The van der Waals surface area contributed by atoms with E-state index in [9.17, 15) is 9.59 Å². The van der Waals surface area contributed by atoms with E-state index in [2.05, 4.69) is 6.92 Å². The Labute approximate surface area is 113 Å². The lowest BCUT2D eigenvalue weighted by Crippen LogP contribution is -2.33. The summed E-state index contributed by atoms with van der Waals surface area (Å²) in [6.45, 7) is 2.56. The van der Waals surface area contributed by atoms with Gasteiger partial charge < -0.3 is 14.4 Å². The molecule has 18 heavy (non-hydrogen) atoms. The molecule has 0 bridgehead atoms. The second-order valence-corrected chi connectivity index (χ2v) is 4.32. The van der Waals surface area contributed by atoms with Crippen LogP contribution < -0.4 is 0 Å². The number of rotatable bonds is 9. The van der Waals surface area contributed by atoms with Gasteiger partial charge in [0.15, 0.2) is 0 Å². The van der Waals surface area contributed by atoms with Crippen LogP contribution >= 0.6 is 11.6 Å². The molecule has 0 unspecified atom stereocenters. The molecule has 6 heteroatoms. The minimum Gasteiger partial charge on any atom is -0.464 e. The maximum Gasteiger partial charge on any atom is 0.410 e. The molecule has 5 nitrogen and oxygen atoms in total. The fourth-order valence-electron chi connectivity index (χ4n) is 1.25. The van der Waals surface area contributed by atoms with Crippen molar-refractivity contribution in [2.24, 2.45) is 0 Å². The Morgan fingerprint density at radius 1 is 1.11 bits per heavy atom. The second-order valence-electron chi connectivity index (χ2n) is 3.94. The Kier molecular flexibility index (Phi) is 10.5. The van der Waals surface area contributed by atoms with Gasteiger partial charge in [-0.15, -0.1) is 11.6 Å². The first-order valence-electron chi connectivity index (χ1n) is 6.21. The summed E-state index contributed by atoms with van der Waals surface area (Å²) in [5.74, 6) is -0.182. The molecule has 0 spiro atoms. The van der Waals surface area contributed by atoms with Crippen molar-refractivity contribution in [3.63, 3.8) is 0 Å². The lowest BCUT2D eigenvalue weighted by Gasteiger charge is -2.15. The van der Waals surface area contributed by atoms with E-state index >= 15 is 0 Å². The summed E-state index contributed by atoms with van der Waals surface area (Å²) in [5, 5.41) is 0. The van der Waals surface area contributed by atoms with Crippen LogP contribution in [0.5, 0.6) is 0 Å². The largest absolute Gasteiger partial charge is 0.464 e. The van der Waals surface area contributed by atoms with Gasteiger partial charge in [0.2, 0.25) is 0 Å². The van der Waals surface area contributed by atoms with E-state index < -0.39 is 12.1 Å². The molecular weight excluding hydrogens is 258 g/mol. The highest BCUT2D eigenvalue weighted by Crippen LogP contribution is 1.99. The summed E-state index contributed by atoms with van der Waals surface area (Å²) in [6, 6.07) is 0.